The second kappa shape index (κ2) is 4.22. The molecule has 0 atom stereocenters. The average molecular weight is 243 g/mol. The number of nitriles is 1. The van der Waals surface area contributed by atoms with E-state index >= 15 is 0 Å². The molecule has 94 valence electrons. The molecule has 0 spiro atoms. The molecule has 0 aromatic carbocycles. The first kappa shape index (κ1) is 12.2. The molecule has 2 aromatic heterocycles. The Bertz CT molecular complexity index is 639. The fraction of sp³-hybridized carbons (Fsp3) is 0.385. The summed E-state index contributed by atoms with van der Waals surface area (Å²) < 4.78 is 3.69. The zero-order valence-corrected chi connectivity index (χ0v) is 11.2. The minimum absolute atomic E-state index is 0.496. The van der Waals surface area contributed by atoms with E-state index < -0.39 is 0 Å². The molecule has 0 saturated carbocycles. The van der Waals surface area contributed by atoms with E-state index in [1.165, 1.54) is 0 Å². The van der Waals surface area contributed by atoms with Gasteiger partial charge in [0.1, 0.15) is 11.9 Å². The molecule has 0 radical (unpaired) electrons. The Kier molecular flexibility index (Phi) is 2.87. The van der Waals surface area contributed by atoms with Crippen LogP contribution in [0.3, 0.4) is 0 Å². The van der Waals surface area contributed by atoms with Crippen LogP contribution in [0.4, 0.5) is 5.82 Å². The maximum absolute atomic E-state index is 9.15. The van der Waals surface area contributed by atoms with E-state index in [2.05, 4.69) is 18.1 Å². The van der Waals surface area contributed by atoms with Crippen LogP contribution in [0, 0.1) is 25.2 Å². The molecule has 2 aromatic rings. The van der Waals surface area contributed by atoms with Crippen molar-refractivity contribution in [3.05, 3.63) is 28.7 Å². The van der Waals surface area contributed by atoms with Crippen molar-refractivity contribution in [2.75, 3.05) is 5.73 Å². The largest absolute Gasteiger partial charge is 0.384 e. The summed E-state index contributed by atoms with van der Waals surface area (Å²) in [6.45, 7) is 5.95. The quantitative estimate of drug-likeness (QED) is 0.874. The summed E-state index contributed by atoms with van der Waals surface area (Å²) >= 11 is 0. The van der Waals surface area contributed by atoms with Gasteiger partial charge in [-0.05, 0) is 25.8 Å². The van der Waals surface area contributed by atoms with Gasteiger partial charge in [-0.1, -0.05) is 6.92 Å². The van der Waals surface area contributed by atoms with Crippen molar-refractivity contribution in [2.24, 2.45) is 7.05 Å². The molecule has 5 nitrogen and oxygen atoms in total. The van der Waals surface area contributed by atoms with Crippen LogP contribution in [0.2, 0.25) is 0 Å². The number of rotatable bonds is 2. The Balaban J connectivity index is 2.76. The first-order valence-corrected chi connectivity index (χ1v) is 5.91. The fourth-order valence-electron chi connectivity index (χ4n) is 2.25. The number of nitrogens with two attached hydrogens (primary N) is 1. The molecule has 2 N–H and O–H groups in total. The summed E-state index contributed by atoms with van der Waals surface area (Å²) in [5.41, 5.74) is 10.5. The Morgan fingerprint density at radius 3 is 2.61 bits per heavy atom. The third kappa shape index (κ3) is 1.58. The lowest BCUT2D eigenvalue weighted by Crippen LogP contribution is -2.04. The van der Waals surface area contributed by atoms with Crippen molar-refractivity contribution < 1.29 is 0 Å². The van der Waals surface area contributed by atoms with Crippen LogP contribution in [0.15, 0.2) is 6.20 Å². The fourth-order valence-corrected chi connectivity index (χ4v) is 2.25. The summed E-state index contributed by atoms with van der Waals surface area (Å²) in [6, 6.07) is 2.17. The van der Waals surface area contributed by atoms with Gasteiger partial charge >= 0.3 is 0 Å². The van der Waals surface area contributed by atoms with Gasteiger partial charge in [-0.3, -0.25) is 9.25 Å². The molecule has 0 saturated heterocycles. The molecule has 0 amide bonds. The molecule has 0 aliphatic rings. The van der Waals surface area contributed by atoms with Crippen molar-refractivity contribution in [2.45, 2.75) is 27.2 Å². The van der Waals surface area contributed by atoms with E-state index in [9.17, 15) is 0 Å². The summed E-state index contributed by atoms with van der Waals surface area (Å²) in [4.78, 5) is 0. The number of aromatic nitrogens is 3. The highest BCUT2D eigenvalue weighted by atomic mass is 15.3. The molecule has 0 fully saturated rings. The Hall–Kier alpha value is -2.22. The van der Waals surface area contributed by atoms with Crippen LogP contribution in [-0.4, -0.2) is 14.3 Å². The minimum Gasteiger partial charge on any atom is -0.384 e. The van der Waals surface area contributed by atoms with Crippen molar-refractivity contribution in [1.29, 1.82) is 5.26 Å². The summed E-state index contributed by atoms with van der Waals surface area (Å²) in [5, 5.41) is 13.6. The van der Waals surface area contributed by atoms with Crippen molar-refractivity contribution in [1.82, 2.24) is 14.3 Å². The van der Waals surface area contributed by atoms with Crippen LogP contribution in [-0.2, 0) is 13.5 Å². The van der Waals surface area contributed by atoms with E-state index in [1.54, 1.807) is 4.68 Å². The molecule has 2 rings (SSSR count). The maximum atomic E-state index is 9.15. The van der Waals surface area contributed by atoms with Crippen molar-refractivity contribution in [3.8, 4) is 11.8 Å². The molecule has 5 heteroatoms. The average Bonchev–Trinajstić information content (AvgIpc) is 2.79. The highest BCUT2D eigenvalue weighted by Gasteiger charge is 2.19. The van der Waals surface area contributed by atoms with Crippen LogP contribution in [0.5, 0.6) is 0 Å². The SMILES string of the molecule is CCc1nn(C)cc1-n1c(C)c(C)c(C#N)c1N. The van der Waals surface area contributed by atoms with Gasteiger partial charge in [0.15, 0.2) is 0 Å². The first-order valence-electron chi connectivity index (χ1n) is 5.91. The number of anilines is 1. The summed E-state index contributed by atoms with van der Waals surface area (Å²) in [7, 11) is 1.88. The number of aryl methyl sites for hydroxylation is 2. The molecule has 0 aliphatic carbocycles. The van der Waals surface area contributed by atoms with E-state index in [0.717, 1.165) is 29.1 Å². The maximum Gasteiger partial charge on any atom is 0.126 e. The predicted octanol–water partition coefficient (Wildman–Crippen LogP) is 1.84. The molecule has 0 unspecified atom stereocenters. The monoisotopic (exact) mass is 243 g/mol. The van der Waals surface area contributed by atoms with E-state index in [4.69, 9.17) is 11.0 Å². The Morgan fingerprint density at radius 1 is 1.44 bits per heavy atom. The highest BCUT2D eigenvalue weighted by molar-refractivity contribution is 5.62. The van der Waals surface area contributed by atoms with Gasteiger partial charge in [-0.15, -0.1) is 0 Å². The second-order valence-electron chi connectivity index (χ2n) is 4.41. The number of nitrogens with zero attached hydrogens (tertiary/aromatic N) is 4. The molecular weight excluding hydrogens is 226 g/mol. The summed E-state index contributed by atoms with van der Waals surface area (Å²) in [5.74, 6) is 0.496. The van der Waals surface area contributed by atoms with Gasteiger partial charge in [-0.25, -0.2) is 0 Å². The number of nitrogen functional groups attached to an aromatic ring is 1. The molecular formula is C13H17N5. The van der Waals surface area contributed by atoms with Crippen LogP contribution < -0.4 is 5.73 Å². The Labute approximate surface area is 106 Å². The molecule has 18 heavy (non-hydrogen) atoms. The van der Waals surface area contributed by atoms with Gasteiger partial charge < -0.3 is 5.73 Å². The number of hydrogen-bond donors (Lipinski definition) is 1. The highest BCUT2D eigenvalue weighted by Crippen LogP contribution is 2.28. The lowest BCUT2D eigenvalue weighted by atomic mass is 10.2. The van der Waals surface area contributed by atoms with Gasteiger partial charge in [0.05, 0.1) is 16.9 Å². The Morgan fingerprint density at radius 2 is 2.11 bits per heavy atom. The smallest absolute Gasteiger partial charge is 0.126 e. The van der Waals surface area contributed by atoms with Crippen LogP contribution in [0.25, 0.3) is 5.69 Å². The third-order valence-electron chi connectivity index (χ3n) is 3.32. The molecule has 0 aliphatic heterocycles. The lowest BCUT2D eigenvalue weighted by Gasteiger charge is -2.07. The van der Waals surface area contributed by atoms with Gasteiger partial charge in [0, 0.05) is 18.9 Å². The molecule has 0 bridgehead atoms. The standard InChI is InChI=1S/C13H17N5/c1-5-11-12(7-17(4)16-11)18-9(3)8(2)10(6-14)13(18)15/h7H,5,15H2,1-4H3. The zero-order valence-electron chi connectivity index (χ0n) is 11.2. The van der Waals surface area contributed by atoms with Gasteiger partial charge in [0.25, 0.3) is 0 Å². The van der Waals surface area contributed by atoms with Crippen molar-refractivity contribution >= 4 is 5.82 Å². The van der Waals surface area contributed by atoms with E-state index in [1.807, 2.05) is 31.7 Å². The van der Waals surface area contributed by atoms with E-state index in [-0.39, 0.29) is 0 Å². The minimum atomic E-state index is 0.496. The second-order valence-corrected chi connectivity index (χ2v) is 4.41. The van der Waals surface area contributed by atoms with Crippen LogP contribution >= 0.6 is 0 Å². The molecule has 2 heterocycles. The van der Waals surface area contributed by atoms with Crippen LogP contribution in [0.1, 0.15) is 29.4 Å². The third-order valence-corrected chi connectivity index (χ3v) is 3.32. The normalized spacial score (nSPS) is 10.6. The van der Waals surface area contributed by atoms with E-state index in [0.29, 0.717) is 11.4 Å². The first-order chi connectivity index (χ1) is 8.51. The van der Waals surface area contributed by atoms with Gasteiger partial charge in [0.2, 0.25) is 0 Å². The van der Waals surface area contributed by atoms with Crippen molar-refractivity contribution in [3.63, 3.8) is 0 Å². The topological polar surface area (TPSA) is 72.6 Å². The summed E-state index contributed by atoms with van der Waals surface area (Å²) in [6.07, 6.45) is 2.76. The van der Waals surface area contributed by atoms with Gasteiger partial charge in [-0.2, -0.15) is 10.4 Å². The number of hydrogen-bond acceptors (Lipinski definition) is 3. The lowest BCUT2D eigenvalue weighted by molar-refractivity contribution is 0.746. The predicted molar refractivity (Wildman–Crippen MR) is 70.5 cm³/mol. The zero-order chi connectivity index (χ0) is 13.4.